The van der Waals surface area contributed by atoms with Crippen LogP contribution in [-0.2, 0) is 0 Å². The van der Waals surface area contributed by atoms with E-state index >= 15 is 0 Å². The van der Waals surface area contributed by atoms with Gasteiger partial charge in [-0.25, -0.2) is 4.98 Å². The molecule has 0 amide bonds. The lowest BCUT2D eigenvalue weighted by atomic mass is 10.1. The number of hydrogen-bond acceptors (Lipinski definition) is 3. The Bertz CT molecular complexity index is 297. The summed E-state index contributed by atoms with van der Waals surface area (Å²) in [7, 11) is 0. The van der Waals surface area contributed by atoms with Crippen molar-refractivity contribution in [2.24, 2.45) is 11.7 Å². The van der Waals surface area contributed by atoms with Crippen LogP contribution in [0.4, 0.5) is 0 Å². The zero-order chi connectivity index (χ0) is 11.3. The molecule has 3 heteroatoms. The molecule has 1 atom stereocenters. The fraction of sp³-hybridized carbons (Fsp3) is 0.583. The molecule has 0 fully saturated rings. The monoisotopic (exact) mass is 224 g/mol. The fourth-order valence-electron chi connectivity index (χ4n) is 1.19. The normalized spacial score (nSPS) is 13.1. The van der Waals surface area contributed by atoms with Crippen LogP contribution in [0.2, 0.25) is 0 Å². The third kappa shape index (κ3) is 4.67. The van der Waals surface area contributed by atoms with Crippen molar-refractivity contribution >= 4 is 11.8 Å². The summed E-state index contributed by atoms with van der Waals surface area (Å²) in [6.07, 6.45) is 3.07. The molecule has 0 spiro atoms. The van der Waals surface area contributed by atoms with Crippen molar-refractivity contribution in [1.29, 1.82) is 0 Å². The predicted molar refractivity (Wildman–Crippen MR) is 67.0 cm³/mol. The molecule has 0 aliphatic carbocycles. The highest BCUT2D eigenvalue weighted by Gasteiger charge is 2.02. The first-order valence-corrected chi connectivity index (χ1v) is 6.42. The van der Waals surface area contributed by atoms with Crippen LogP contribution in [0.1, 0.15) is 38.8 Å². The van der Waals surface area contributed by atoms with E-state index in [2.05, 4.69) is 24.9 Å². The Morgan fingerprint density at radius 3 is 2.73 bits per heavy atom. The van der Waals surface area contributed by atoms with Crippen molar-refractivity contribution in [3.05, 3.63) is 23.9 Å². The Morgan fingerprint density at radius 2 is 2.13 bits per heavy atom. The number of aromatic nitrogens is 1. The summed E-state index contributed by atoms with van der Waals surface area (Å²) in [6, 6.07) is 4.17. The molecule has 1 heterocycles. The summed E-state index contributed by atoms with van der Waals surface area (Å²) in [6.45, 7) is 6.48. The largest absolute Gasteiger partial charge is 0.324 e. The van der Waals surface area contributed by atoms with Gasteiger partial charge in [-0.3, -0.25) is 0 Å². The van der Waals surface area contributed by atoms with E-state index in [4.69, 9.17) is 5.73 Å². The number of nitrogens with two attached hydrogens (primary N) is 1. The molecule has 0 saturated heterocycles. The van der Waals surface area contributed by atoms with Gasteiger partial charge in [0.1, 0.15) is 0 Å². The lowest BCUT2D eigenvalue weighted by Gasteiger charge is -2.07. The average molecular weight is 224 g/mol. The second kappa shape index (κ2) is 6.13. The minimum absolute atomic E-state index is 0.0949. The minimum Gasteiger partial charge on any atom is -0.324 e. The van der Waals surface area contributed by atoms with Gasteiger partial charge in [-0.15, -0.1) is 11.8 Å². The van der Waals surface area contributed by atoms with Crippen molar-refractivity contribution in [3.63, 3.8) is 0 Å². The molecule has 2 N–H and O–H groups in total. The molecule has 0 aromatic carbocycles. The Morgan fingerprint density at radius 1 is 1.40 bits per heavy atom. The van der Waals surface area contributed by atoms with Gasteiger partial charge in [0.05, 0.1) is 5.03 Å². The molecular formula is C12H20N2S. The first-order chi connectivity index (χ1) is 7.09. The standard InChI is InChI=1S/C12H20N2S/c1-9(2)5-7-15-12-8-11(10(3)13)4-6-14-12/h4,6,8-10H,5,7,13H2,1-3H3/t10-/m1/s1. The summed E-state index contributed by atoms with van der Waals surface area (Å²) in [4.78, 5) is 4.33. The first-order valence-electron chi connectivity index (χ1n) is 5.44. The van der Waals surface area contributed by atoms with Gasteiger partial charge < -0.3 is 5.73 Å². The van der Waals surface area contributed by atoms with Gasteiger partial charge >= 0.3 is 0 Å². The number of rotatable bonds is 5. The number of thioether (sulfide) groups is 1. The van der Waals surface area contributed by atoms with E-state index in [1.54, 1.807) is 0 Å². The number of pyridine rings is 1. The highest BCUT2D eigenvalue weighted by atomic mass is 32.2. The fourth-order valence-corrected chi connectivity index (χ4v) is 2.34. The third-order valence-corrected chi connectivity index (χ3v) is 3.19. The summed E-state index contributed by atoms with van der Waals surface area (Å²) < 4.78 is 0. The second-order valence-electron chi connectivity index (χ2n) is 4.25. The van der Waals surface area contributed by atoms with Gasteiger partial charge in [0.15, 0.2) is 0 Å². The predicted octanol–water partition coefficient (Wildman–Crippen LogP) is 3.24. The average Bonchev–Trinajstić information content (AvgIpc) is 2.17. The van der Waals surface area contributed by atoms with E-state index in [1.807, 2.05) is 30.9 Å². The number of hydrogen-bond donors (Lipinski definition) is 1. The van der Waals surface area contributed by atoms with Crippen LogP contribution < -0.4 is 5.73 Å². The summed E-state index contributed by atoms with van der Waals surface area (Å²) in [5, 5.41) is 1.09. The van der Waals surface area contributed by atoms with Gasteiger partial charge in [0.25, 0.3) is 0 Å². The molecule has 0 radical (unpaired) electrons. The van der Waals surface area contributed by atoms with E-state index in [-0.39, 0.29) is 6.04 Å². The summed E-state index contributed by atoms with van der Waals surface area (Å²) >= 11 is 1.81. The van der Waals surface area contributed by atoms with Crippen LogP contribution in [0.3, 0.4) is 0 Å². The van der Waals surface area contributed by atoms with Gasteiger partial charge in [0, 0.05) is 12.2 Å². The Kier molecular flexibility index (Phi) is 5.12. The lowest BCUT2D eigenvalue weighted by Crippen LogP contribution is -2.05. The Hall–Kier alpha value is -0.540. The maximum atomic E-state index is 5.82. The van der Waals surface area contributed by atoms with E-state index in [0.717, 1.165) is 22.3 Å². The quantitative estimate of drug-likeness (QED) is 0.780. The molecule has 0 aliphatic heterocycles. The molecule has 1 aromatic rings. The van der Waals surface area contributed by atoms with E-state index in [0.29, 0.717) is 0 Å². The molecule has 0 aliphatic rings. The maximum Gasteiger partial charge on any atom is 0.0963 e. The molecule has 15 heavy (non-hydrogen) atoms. The minimum atomic E-state index is 0.0949. The second-order valence-corrected chi connectivity index (χ2v) is 5.36. The van der Waals surface area contributed by atoms with Crippen LogP contribution in [0, 0.1) is 5.92 Å². The van der Waals surface area contributed by atoms with Crippen molar-refractivity contribution in [1.82, 2.24) is 4.98 Å². The van der Waals surface area contributed by atoms with Crippen molar-refractivity contribution < 1.29 is 0 Å². The molecule has 0 saturated carbocycles. The molecule has 84 valence electrons. The number of nitrogens with zero attached hydrogens (tertiary/aromatic N) is 1. The van der Waals surface area contributed by atoms with Crippen LogP contribution in [0.15, 0.2) is 23.4 Å². The molecule has 1 aromatic heterocycles. The van der Waals surface area contributed by atoms with E-state index in [1.165, 1.54) is 6.42 Å². The summed E-state index contributed by atoms with van der Waals surface area (Å²) in [5.41, 5.74) is 6.99. The van der Waals surface area contributed by atoms with Crippen molar-refractivity contribution in [2.75, 3.05) is 5.75 Å². The molecule has 0 unspecified atom stereocenters. The van der Waals surface area contributed by atoms with Gasteiger partial charge in [-0.2, -0.15) is 0 Å². The highest BCUT2D eigenvalue weighted by molar-refractivity contribution is 7.99. The third-order valence-electron chi connectivity index (χ3n) is 2.23. The van der Waals surface area contributed by atoms with Crippen LogP contribution in [-0.4, -0.2) is 10.7 Å². The zero-order valence-electron chi connectivity index (χ0n) is 9.73. The SMILES string of the molecule is CC(C)CCSc1cc([C@@H](C)N)ccn1. The van der Waals surface area contributed by atoms with E-state index in [9.17, 15) is 0 Å². The van der Waals surface area contributed by atoms with Crippen molar-refractivity contribution in [3.8, 4) is 0 Å². The summed E-state index contributed by atoms with van der Waals surface area (Å²) in [5.74, 6) is 1.89. The van der Waals surface area contributed by atoms with Gasteiger partial charge in [0.2, 0.25) is 0 Å². The van der Waals surface area contributed by atoms with Gasteiger partial charge in [-0.05, 0) is 42.7 Å². The van der Waals surface area contributed by atoms with E-state index < -0.39 is 0 Å². The van der Waals surface area contributed by atoms with Gasteiger partial charge in [-0.1, -0.05) is 13.8 Å². The maximum absolute atomic E-state index is 5.82. The highest BCUT2D eigenvalue weighted by Crippen LogP contribution is 2.20. The molecule has 0 bridgehead atoms. The zero-order valence-corrected chi connectivity index (χ0v) is 10.6. The lowest BCUT2D eigenvalue weighted by molar-refractivity contribution is 0.632. The Labute approximate surface area is 96.7 Å². The molecule has 2 nitrogen and oxygen atoms in total. The van der Waals surface area contributed by atoms with Crippen LogP contribution in [0.25, 0.3) is 0 Å². The molecule has 1 rings (SSSR count). The molecular weight excluding hydrogens is 204 g/mol. The Balaban J connectivity index is 2.50. The van der Waals surface area contributed by atoms with Crippen molar-refractivity contribution in [2.45, 2.75) is 38.3 Å². The first kappa shape index (κ1) is 12.5. The topological polar surface area (TPSA) is 38.9 Å². The van der Waals surface area contributed by atoms with Crippen LogP contribution in [0.5, 0.6) is 0 Å². The smallest absolute Gasteiger partial charge is 0.0963 e. The van der Waals surface area contributed by atoms with Crippen LogP contribution >= 0.6 is 11.8 Å².